The number of carbonyl (C=O) groups excluding carboxylic acids is 1. The Bertz CT molecular complexity index is 1230. The van der Waals surface area contributed by atoms with Gasteiger partial charge in [-0.15, -0.1) is 6.58 Å². The molecule has 0 aromatic heterocycles. The average molecular weight is 501 g/mol. The molecule has 7 nitrogen and oxygen atoms in total. The fourth-order valence-electron chi connectivity index (χ4n) is 4.34. The number of aliphatic hydroxyl groups is 1. The summed E-state index contributed by atoms with van der Waals surface area (Å²) in [5.74, 6) is 1.51. The third kappa shape index (κ3) is 5.84. The maximum absolute atomic E-state index is 13.9. The molecular weight excluding hydrogens is 468 g/mol. The fourth-order valence-corrected chi connectivity index (χ4v) is 4.34. The molecule has 0 fully saturated rings. The van der Waals surface area contributed by atoms with E-state index >= 15 is 0 Å². The van der Waals surface area contributed by atoms with E-state index in [1.165, 1.54) is 0 Å². The third-order valence-electron chi connectivity index (χ3n) is 6.22. The number of aliphatic imine (C=N–C) groups is 1. The van der Waals surface area contributed by atoms with Crippen molar-refractivity contribution in [2.75, 3.05) is 20.3 Å². The largest absolute Gasteiger partial charge is 0.496 e. The van der Waals surface area contributed by atoms with Crippen LogP contribution in [0.4, 0.5) is 0 Å². The van der Waals surface area contributed by atoms with Crippen LogP contribution in [0.25, 0.3) is 0 Å². The van der Waals surface area contributed by atoms with Gasteiger partial charge in [-0.2, -0.15) is 0 Å². The van der Waals surface area contributed by atoms with Gasteiger partial charge in [-0.3, -0.25) is 4.79 Å². The normalized spacial score (nSPS) is 18.4. The van der Waals surface area contributed by atoms with Gasteiger partial charge in [-0.1, -0.05) is 54.6 Å². The molecule has 0 radical (unpaired) electrons. The second-order valence-electron chi connectivity index (χ2n) is 8.69. The van der Waals surface area contributed by atoms with Gasteiger partial charge < -0.3 is 24.6 Å². The number of hydrogen-bond donors (Lipinski definition) is 2. The van der Waals surface area contributed by atoms with Crippen molar-refractivity contribution in [3.05, 3.63) is 108 Å². The fraction of sp³-hybridized carbons (Fsp3) is 0.267. The van der Waals surface area contributed by atoms with Gasteiger partial charge in [0, 0.05) is 37.1 Å². The van der Waals surface area contributed by atoms with Crippen molar-refractivity contribution in [1.82, 2.24) is 5.32 Å². The summed E-state index contributed by atoms with van der Waals surface area (Å²) in [6.45, 7) is 4.70. The van der Waals surface area contributed by atoms with Crippen LogP contribution in [0.3, 0.4) is 0 Å². The highest BCUT2D eigenvalue weighted by Crippen LogP contribution is 2.42. The van der Waals surface area contributed by atoms with E-state index in [4.69, 9.17) is 24.3 Å². The summed E-state index contributed by atoms with van der Waals surface area (Å²) in [5.41, 5.74) is 1.21. The molecule has 1 aliphatic rings. The minimum atomic E-state index is -1.24. The molecule has 0 saturated carbocycles. The molecule has 3 aromatic rings. The highest BCUT2D eigenvalue weighted by molar-refractivity contribution is 6.01. The molecule has 0 aliphatic carbocycles. The third-order valence-corrected chi connectivity index (χ3v) is 6.22. The van der Waals surface area contributed by atoms with Gasteiger partial charge in [-0.05, 0) is 35.9 Å². The molecule has 0 spiro atoms. The molecule has 1 amide bonds. The van der Waals surface area contributed by atoms with E-state index in [0.29, 0.717) is 30.4 Å². The lowest BCUT2D eigenvalue weighted by molar-refractivity contribution is -0.129. The SMILES string of the molecule is C=CC[C@@]1(C(=O)NCc2ccccc2OC)N=C(c2ccc(OCCCO)cc2)O[C@@H]1c1ccccc1. The summed E-state index contributed by atoms with van der Waals surface area (Å²) in [5, 5.41) is 12.0. The monoisotopic (exact) mass is 500 g/mol. The average Bonchev–Trinajstić information content (AvgIpc) is 3.33. The number of benzene rings is 3. The predicted octanol–water partition coefficient (Wildman–Crippen LogP) is 4.61. The van der Waals surface area contributed by atoms with Crippen molar-refractivity contribution >= 4 is 11.8 Å². The number of aliphatic hydroxyl groups excluding tert-OH is 1. The Morgan fingerprint density at radius 3 is 2.54 bits per heavy atom. The number of ether oxygens (including phenoxy) is 3. The first-order chi connectivity index (χ1) is 18.1. The van der Waals surface area contributed by atoms with Gasteiger partial charge in [0.1, 0.15) is 11.5 Å². The highest BCUT2D eigenvalue weighted by Gasteiger charge is 2.52. The van der Waals surface area contributed by atoms with Gasteiger partial charge in [0.05, 0.1) is 13.7 Å². The Morgan fingerprint density at radius 1 is 1.11 bits per heavy atom. The van der Waals surface area contributed by atoms with Crippen molar-refractivity contribution in [3.63, 3.8) is 0 Å². The summed E-state index contributed by atoms with van der Waals surface area (Å²) in [6.07, 6.45) is 1.91. The first kappa shape index (κ1) is 26.0. The van der Waals surface area contributed by atoms with E-state index in [-0.39, 0.29) is 25.5 Å². The Kier molecular flexibility index (Phi) is 8.59. The number of hydrogen-bond acceptors (Lipinski definition) is 6. The van der Waals surface area contributed by atoms with E-state index in [0.717, 1.165) is 16.7 Å². The maximum Gasteiger partial charge on any atom is 0.252 e. The lowest BCUT2D eigenvalue weighted by Gasteiger charge is -2.29. The maximum atomic E-state index is 13.9. The van der Waals surface area contributed by atoms with E-state index in [1.54, 1.807) is 13.2 Å². The molecule has 4 rings (SSSR count). The molecular formula is C30H32N2O5. The van der Waals surface area contributed by atoms with Crippen molar-refractivity contribution in [1.29, 1.82) is 0 Å². The van der Waals surface area contributed by atoms with Crippen LogP contribution in [-0.4, -0.2) is 42.8 Å². The number of rotatable bonds is 12. The Balaban J connectivity index is 1.65. The van der Waals surface area contributed by atoms with Crippen LogP contribution < -0.4 is 14.8 Å². The van der Waals surface area contributed by atoms with Gasteiger partial charge in [0.15, 0.2) is 11.6 Å². The molecule has 0 unspecified atom stereocenters. The predicted molar refractivity (Wildman–Crippen MR) is 143 cm³/mol. The lowest BCUT2D eigenvalue weighted by atomic mass is 9.84. The van der Waals surface area contributed by atoms with Gasteiger partial charge >= 0.3 is 0 Å². The van der Waals surface area contributed by atoms with Gasteiger partial charge in [0.2, 0.25) is 5.90 Å². The quantitative estimate of drug-likeness (QED) is 0.280. The number of para-hydroxylation sites is 1. The molecule has 1 aliphatic heterocycles. The number of carbonyl (C=O) groups is 1. The van der Waals surface area contributed by atoms with E-state index in [9.17, 15) is 4.79 Å². The topological polar surface area (TPSA) is 89.4 Å². The zero-order chi connectivity index (χ0) is 26.1. The minimum absolute atomic E-state index is 0.0775. The van der Waals surface area contributed by atoms with Crippen LogP contribution in [0, 0.1) is 0 Å². The van der Waals surface area contributed by atoms with Gasteiger partial charge in [-0.25, -0.2) is 4.99 Å². The molecule has 2 atom stereocenters. The highest BCUT2D eigenvalue weighted by atomic mass is 16.5. The Morgan fingerprint density at radius 2 is 1.84 bits per heavy atom. The molecule has 2 N–H and O–H groups in total. The van der Waals surface area contributed by atoms with Crippen LogP contribution >= 0.6 is 0 Å². The first-order valence-electron chi connectivity index (χ1n) is 12.3. The number of nitrogens with zero attached hydrogens (tertiary/aromatic N) is 1. The van der Waals surface area contributed by atoms with E-state index in [1.807, 2.05) is 78.9 Å². The number of nitrogens with one attached hydrogen (secondary N) is 1. The summed E-state index contributed by atoms with van der Waals surface area (Å²) in [4.78, 5) is 18.8. The molecule has 0 saturated heterocycles. The summed E-state index contributed by atoms with van der Waals surface area (Å²) < 4.78 is 17.5. The van der Waals surface area contributed by atoms with Gasteiger partial charge in [0.25, 0.3) is 5.91 Å². The number of amides is 1. The van der Waals surface area contributed by atoms with Crippen LogP contribution in [0.5, 0.6) is 11.5 Å². The Labute approximate surface area is 217 Å². The Hall–Kier alpha value is -4.10. The van der Waals surface area contributed by atoms with E-state index in [2.05, 4.69) is 11.9 Å². The summed E-state index contributed by atoms with van der Waals surface area (Å²) in [7, 11) is 1.61. The molecule has 192 valence electrons. The molecule has 3 aromatic carbocycles. The lowest BCUT2D eigenvalue weighted by Crippen LogP contribution is -2.47. The zero-order valence-corrected chi connectivity index (χ0v) is 20.9. The van der Waals surface area contributed by atoms with E-state index < -0.39 is 11.6 Å². The summed E-state index contributed by atoms with van der Waals surface area (Å²) in [6, 6.07) is 24.6. The van der Waals surface area contributed by atoms with Crippen LogP contribution in [0.15, 0.2) is 96.5 Å². The number of methoxy groups -OCH3 is 1. The summed E-state index contributed by atoms with van der Waals surface area (Å²) >= 11 is 0. The molecule has 7 heteroatoms. The second kappa shape index (κ2) is 12.2. The van der Waals surface area contributed by atoms with Crippen molar-refractivity contribution in [2.45, 2.75) is 31.0 Å². The van der Waals surface area contributed by atoms with Crippen molar-refractivity contribution < 1.29 is 24.1 Å². The standard InChI is InChI=1S/C30H32N2O5/c1-3-18-30(29(34)31-21-24-12-7-8-13-26(24)35-2)27(22-10-5-4-6-11-22)37-28(32-30)23-14-16-25(17-15-23)36-20-9-19-33/h3-8,10-17,27,33H,1,9,18-21H2,2H3,(H,31,34)/t27-,30-/m1/s1. The molecule has 1 heterocycles. The van der Waals surface area contributed by atoms with Crippen LogP contribution in [0.1, 0.15) is 35.6 Å². The van der Waals surface area contributed by atoms with Crippen molar-refractivity contribution in [3.8, 4) is 11.5 Å². The second-order valence-corrected chi connectivity index (χ2v) is 8.69. The minimum Gasteiger partial charge on any atom is -0.496 e. The smallest absolute Gasteiger partial charge is 0.252 e. The van der Waals surface area contributed by atoms with Crippen molar-refractivity contribution in [2.24, 2.45) is 4.99 Å². The molecule has 0 bridgehead atoms. The van der Waals surface area contributed by atoms with Crippen LogP contribution in [0.2, 0.25) is 0 Å². The molecule has 37 heavy (non-hydrogen) atoms. The first-order valence-corrected chi connectivity index (χ1v) is 12.3. The van der Waals surface area contributed by atoms with Crippen LogP contribution in [-0.2, 0) is 16.1 Å². The zero-order valence-electron chi connectivity index (χ0n) is 20.9.